The minimum absolute atomic E-state index is 0.143. The van der Waals surface area contributed by atoms with Crippen LogP contribution in [0.4, 0.5) is 0 Å². The van der Waals surface area contributed by atoms with E-state index < -0.39 is 0 Å². The molecule has 4 rings (SSSR count). The van der Waals surface area contributed by atoms with Gasteiger partial charge in [-0.3, -0.25) is 0 Å². The van der Waals surface area contributed by atoms with E-state index in [9.17, 15) is 10.2 Å². The number of methoxy groups -OCH3 is 2. The number of aromatic nitrogens is 1. The summed E-state index contributed by atoms with van der Waals surface area (Å²) >= 11 is 0. The molecule has 1 fully saturated rings. The second kappa shape index (κ2) is 7.26. The van der Waals surface area contributed by atoms with Gasteiger partial charge in [-0.25, -0.2) is 4.57 Å². The minimum Gasteiger partial charge on any atom is -0.497 e. The van der Waals surface area contributed by atoms with Crippen molar-refractivity contribution in [3.8, 4) is 28.9 Å². The summed E-state index contributed by atoms with van der Waals surface area (Å²) in [6.07, 6.45) is 5.35. The zero-order chi connectivity index (χ0) is 20.0. The maximum atomic E-state index is 11.1. The molecule has 4 atom stereocenters. The van der Waals surface area contributed by atoms with Crippen LogP contribution in [0.2, 0.25) is 0 Å². The van der Waals surface area contributed by atoms with E-state index in [2.05, 4.69) is 13.8 Å². The Labute approximate surface area is 166 Å². The Kier molecular flexibility index (Phi) is 4.94. The number of fused-ring (bicyclic) bond motifs is 2. The SMILES string of the molecule is CCC1CC(CC)C2Cc3c(c(O)n(-c4ccc(OC)cc4OC)c3O)CC12. The Bertz CT molecular complexity index is 830. The molecule has 0 spiro atoms. The third-order valence-electron chi connectivity index (χ3n) is 7.25. The summed E-state index contributed by atoms with van der Waals surface area (Å²) in [5.74, 6) is 4.13. The zero-order valence-corrected chi connectivity index (χ0v) is 17.2. The van der Waals surface area contributed by atoms with Gasteiger partial charge in [0.05, 0.1) is 19.9 Å². The van der Waals surface area contributed by atoms with E-state index >= 15 is 0 Å². The van der Waals surface area contributed by atoms with Crippen LogP contribution in [0, 0.1) is 23.7 Å². The average molecular weight is 386 g/mol. The Morgan fingerprint density at radius 1 is 0.929 bits per heavy atom. The van der Waals surface area contributed by atoms with Crippen molar-refractivity contribution in [3.63, 3.8) is 0 Å². The fraction of sp³-hybridized carbons (Fsp3) is 0.565. The van der Waals surface area contributed by atoms with E-state index in [-0.39, 0.29) is 11.8 Å². The number of ether oxygens (including phenoxy) is 2. The monoisotopic (exact) mass is 385 g/mol. The third-order valence-corrected chi connectivity index (χ3v) is 7.25. The first-order chi connectivity index (χ1) is 13.5. The molecule has 0 bridgehead atoms. The van der Waals surface area contributed by atoms with E-state index in [1.165, 1.54) is 23.8 Å². The minimum atomic E-state index is 0.143. The number of hydrogen-bond donors (Lipinski definition) is 2. The Morgan fingerprint density at radius 2 is 1.50 bits per heavy atom. The van der Waals surface area contributed by atoms with E-state index in [4.69, 9.17) is 9.47 Å². The van der Waals surface area contributed by atoms with Crippen LogP contribution in [-0.2, 0) is 12.8 Å². The van der Waals surface area contributed by atoms with Gasteiger partial charge in [-0.15, -0.1) is 0 Å². The van der Waals surface area contributed by atoms with E-state index in [0.29, 0.717) is 40.9 Å². The molecule has 0 saturated heterocycles. The fourth-order valence-electron chi connectivity index (χ4n) is 5.75. The predicted octanol–water partition coefficient (Wildman–Crippen LogP) is 4.69. The van der Waals surface area contributed by atoms with Crippen LogP contribution in [0.5, 0.6) is 23.3 Å². The maximum absolute atomic E-state index is 11.1. The second-order valence-corrected chi connectivity index (χ2v) is 8.29. The summed E-state index contributed by atoms with van der Waals surface area (Å²) in [5.41, 5.74) is 2.44. The van der Waals surface area contributed by atoms with Crippen LogP contribution < -0.4 is 9.47 Å². The van der Waals surface area contributed by atoms with Gasteiger partial charge in [-0.1, -0.05) is 26.7 Å². The molecule has 4 unspecified atom stereocenters. The van der Waals surface area contributed by atoms with E-state index in [0.717, 1.165) is 24.0 Å². The molecule has 0 radical (unpaired) electrons. The molecular formula is C23H31NO4. The van der Waals surface area contributed by atoms with Crippen molar-refractivity contribution in [1.82, 2.24) is 4.57 Å². The molecule has 0 aliphatic heterocycles. The molecule has 5 heteroatoms. The van der Waals surface area contributed by atoms with Crippen LogP contribution >= 0.6 is 0 Å². The van der Waals surface area contributed by atoms with Crippen molar-refractivity contribution in [2.24, 2.45) is 23.7 Å². The van der Waals surface area contributed by atoms with Crippen molar-refractivity contribution in [2.75, 3.05) is 14.2 Å². The molecule has 1 heterocycles. The number of aromatic hydroxyl groups is 2. The maximum Gasteiger partial charge on any atom is 0.202 e. The van der Waals surface area contributed by atoms with Crippen LogP contribution in [0.15, 0.2) is 18.2 Å². The molecule has 2 aliphatic rings. The van der Waals surface area contributed by atoms with Gasteiger partial charge in [-0.2, -0.15) is 0 Å². The van der Waals surface area contributed by atoms with E-state index in [1.54, 1.807) is 20.3 Å². The van der Waals surface area contributed by atoms with Crippen LogP contribution in [0.3, 0.4) is 0 Å². The molecule has 1 aromatic heterocycles. The largest absolute Gasteiger partial charge is 0.497 e. The van der Waals surface area contributed by atoms with Gasteiger partial charge in [0.2, 0.25) is 11.8 Å². The Morgan fingerprint density at radius 3 is 1.96 bits per heavy atom. The highest BCUT2D eigenvalue weighted by molar-refractivity contribution is 5.60. The van der Waals surface area contributed by atoms with Crippen molar-refractivity contribution < 1.29 is 19.7 Å². The average Bonchev–Trinajstić information content (AvgIpc) is 3.20. The number of nitrogens with zero attached hydrogens (tertiary/aromatic N) is 1. The van der Waals surface area contributed by atoms with Crippen molar-refractivity contribution >= 4 is 0 Å². The molecule has 2 aromatic rings. The van der Waals surface area contributed by atoms with Crippen LogP contribution in [-0.4, -0.2) is 29.0 Å². The first-order valence-electron chi connectivity index (χ1n) is 10.4. The van der Waals surface area contributed by atoms with Gasteiger partial charge in [0, 0.05) is 17.2 Å². The first-order valence-corrected chi connectivity index (χ1v) is 10.4. The van der Waals surface area contributed by atoms with Gasteiger partial charge < -0.3 is 19.7 Å². The van der Waals surface area contributed by atoms with Crippen molar-refractivity contribution in [3.05, 3.63) is 29.3 Å². The molecule has 2 N–H and O–H groups in total. The lowest BCUT2D eigenvalue weighted by Crippen LogP contribution is -2.26. The van der Waals surface area contributed by atoms with Gasteiger partial charge in [0.1, 0.15) is 11.5 Å². The van der Waals surface area contributed by atoms with Crippen LogP contribution in [0.1, 0.15) is 44.2 Å². The lowest BCUT2D eigenvalue weighted by molar-refractivity contribution is 0.252. The molecule has 152 valence electrons. The van der Waals surface area contributed by atoms with Gasteiger partial charge in [-0.05, 0) is 55.1 Å². The molecule has 2 aliphatic carbocycles. The first kappa shape index (κ1) is 19.0. The predicted molar refractivity (Wildman–Crippen MR) is 109 cm³/mol. The molecule has 1 aromatic carbocycles. The highest BCUT2D eigenvalue weighted by Crippen LogP contribution is 2.54. The Hall–Kier alpha value is -2.30. The molecule has 5 nitrogen and oxygen atoms in total. The quantitative estimate of drug-likeness (QED) is 0.783. The number of rotatable bonds is 5. The smallest absolute Gasteiger partial charge is 0.202 e. The molecule has 1 saturated carbocycles. The summed E-state index contributed by atoms with van der Waals surface area (Å²) in [4.78, 5) is 0. The standard InChI is InChI=1S/C23H31NO4/c1-5-13-9-14(6-2)17-12-19-18(11-16(13)17)22(25)24(23(19)26)20-8-7-15(27-3)10-21(20)28-4/h7-8,10,13-14,16-17,25-26H,5-6,9,11-12H2,1-4H3. The normalized spacial score (nSPS) is 26.0. The molecular weight excluding hydrogens is 354 g/mol. The number of hydrogen-bond acceptors (Lipinski definition) is 4. The van der Waals surface area contributed by atoms with E-state index in [1.807, 2.05) is 12.1 Å². The zero-order valence-electron chi connectivity index (χ0n) is 17.2. The second-order valence-electron chi connectivity index (χ2n) is 8.29. The summed E-state index contributed by atoms with van der Waals surface area (Å²) < 4.78 is 12.3. The topological polar surface area (TPSA) is 63.9 Å². The van der Waals surface area contributed by atoms with Gasteiger partial charge in [0.15, 0.2) is 0 Å². The summed E-state index contributed by atoms with van der Waals surface area (Å²) in [6.45, 7) is 4.56. The summed E-state index contributed by atoms with van der Waals surface area (Å²) in [6, 6.07) is 5.39. The highest BCUT2D eigenvalue weighted by Gasteiger charge is 2.46. The highest BCUT2D eigenvalue weighted by atomic mass is 16.5. The van der Waals surface area contributed by atoms with Crippen molar-refractivity contribution in [2.45, 2.75) is 46.0 Å². The van der Waals surface area contributed by atoms with Gasteiger partial charge >= 0.3 is 0 Å². The summed E-state index contributed by atoms with van der Waals surface area (Å²) in [7, 11) is 3.18. The lowest BCUT2D eigenvalue weighted by atomic mass is 9.73. The lowest BCUT2D eigenvalue weighted by Gasteiger charge is -2.31. The Balaban J connectivity index is 1.79. The van der Waals surface area contributed by atoms with Crippen LogP contribution in [0.25, 0.3) is 5.69 Å². The number of benzene rings is 1. The van der Waals surface area contributed by atoms with Crippen molar-refractivity contribution in [1.29, 1.82) is 0 Å². The van der Waals surface area contributed by atoms with Gasteiger partial charge in [0.25, 0.3) is 0 Å². The molecule has 28 heavy (non-hydrogen) atoms. The third kappa shape index (κ3) is 2.75. The summed E-state index contributed by atoms with van der Waals surface area (Å²) in [5, 5.41) is 22.1. The molecule has 0 amide bonds. The fourth-order valence-corrected chi connectivity index (χ4v) is 5.75.